The Bertz CT molecular complexity index is 361. The summed E-state index contributed by atoms with van der Waals surface area (Å²) in [5, 5.41) is 6.72. The maximum absolute atomic E-state index is 4.44. The van der Waals surface area contributed by atoms with Crippen LogP contribution in [0.2, 0.25) is 0 Å². The monoisotopic (exact) mass is 250 g/mol. The second-order valence-corrected chi connectivity index (χ2v) is 4.73. The molecule has 1 rings (SSSR count). The molecular weight excluding hydrogens is 224 g/mol. The Morgan fingerprint density at radius 2 is 1.72 bits per heavy atom. The van der Waals surface area contributed by atoms with Gasteiger partial charge in [0.25, 0.3) is 0 Å². The van der Waals surface area contributed by atoms with Crippen molar-refractivity contribution < 1.29 is 0 Å². The Hall–Kier alpha value is -1.32. The average Bonchev–Trinajstić information content (AvgIpc) is 2.30. The van der Waals surface area contributed by atoms with Gasteiger partial charge in [-0.1, -0.05) is 26.7 Å². The summed E-state index contributed by atoms with van der Waals surface area (Å²) >= 11 is 0. The number of nitrogens with zero attached hydrogens (tertiary/aromatic N) is 2. The maximum atomic E-state index is 4.44. The summed E-state index contributed by atoms with van der Waals surface area (Å²) in [6, 6.07) is 2.42. The highest BCUT2D eigenvalue weighted by Gasteiger charge is 2.14. The lowest BCUT2D eigenvalue weighted by molar-refractivity contribution is 0.437. The normalized spacial score (nSPS) is 12.6. The van der Waals surface area contributed by atoms with Crippen LogP contribution in [0.15, 0.2) is 6.07 Å². The smallest absolute Gasteiger partial charge is 0.132 e. The number of hydrogen-bond acceptors (Lipinski definition) is 4. The molecule has 0 aromatic carbocycles. The minimum absolute atomic E-state index is 0.434. The molecule has 0 fully saturated rings. The molecule has 0 aliphatic heterocycles. The minimum Gasteiger partial charge on any atom is -0.370 e. The number of nitrogens with one attached hydrogen (secondary N) is 2. The first-order chi connectivity index (χ1) is 8.60. The molecule has 0 amide bonds. The number of aryl methyl sites for hydroxylation is 1. The highest BCUT2D eigenvalue weighted by molar-refractivity contribution is 5.47. The summed E-state index contributed by atoms with van der Waals surface area (Å²) in [6.07, 6.45) is 2.38. The molecule has 0 radical (unpaired) electrons. The molecular formula is C14H26N4. The summed E-state index contributed by atoms with van der Waals surface area (Å²) in [5.74, 6) is 3.29. The third kappa shape index (κ3) is 4.17. The zero-order valence-electron chi connectivity index (χ0n) is 12.2. The molecule has 1 atom stereocenters. The molecule has 0 aliphatic rings. The van der Waals surface area contributed by atoms with Crippen molar-refractivity contribution in [2.45, 2.75) is 53.5 Å². The molecule has 0 bridgehead atoms. The zero-order valence-corrected chi connectivity index (χ0v) is 12.2. The fourth-order valence-corrected chi connectivity index (χ4v) is 2.26. The molecule has 4 nitrogen and oxygen atoms in total. The van der Waals surface area contributed by atoms with E-state index in [1.54, 1.807) is 0 Å². The standard InChI is InChI=1S/C14H26N4/c1-6-12(7-2)10(4)16-14-9-13(15-8-3)17-11(5)18-14/h9-10,12H,6-8H2,1-5H3,(H2,15,16,17,18). The first-order valence-corrected chi connectivity index (χ1v) is 6.96. The molecule has 18 heavy (non-hydrogen) atoms. The number of aromatic nitrogens is 2. The summed E-state index contributed by atoms with van der Waals surface area (Å²) in [5.41, 5.74) is 0. The third-order valence-electron chi connectivity index (χ3n) is 3.33. The lowest BCUT2D eigenvalue weighted by atomic mass is 9.95. The van der Waals surface area contributed by atoms with Crippen LogP contribution in [0.5, 0.6) is 0 Å². The Labute approximate surface area is 111 Å². The Kier molecular flexibility index (Phi) is 5.89. The molecule has 0 saturated heterocycles. The SMILES string of the molecule is CCNc1cc(NC(C)C(CC)CC)nc(C)n1. The van der Waals surface area contributed by atoms with Crippen molar-refractivity contribution in [3.63, 3.8) is 0 Å². The van der Waals surface area contributed by atoms with Gasteiger partial charge in [0.05, 0.1) is 0 Å². The van der Waals surface area contributed by atoms with Crippen LogP contribution in [0.1, 0.15) is 46.4 Å². The number of rotatable bonds is 7. The van der Waals surface area contributed by atoms with Crippen LogP contribution in [0.25, 0.3) is 0 Å². The summed E-state index contributed by atoms with van der Waals surface area (Å²) in [7, 11) is 0. The number of hydrogen-bond donors (Lipinski definition) is 2. The van der Waals surface area contributed by atoms with Crippen molar-refractivity contribution in [3.05, 3.63) is 11.9 Å². The van der Waals surface area contributed by atoms with Gasteiger partial charge in [0.15, 0.2) is 0 Å². The van der Waals surface area contributed by atoms with Gasteiger partial charge < -0.3 is 10.6 Å². The summed E-state index contributed by atoms with van der Waals surface area (Å²) in [6.45, 7) is 11.6. The Morgan fingerprint density at radius 3 is 2.28 bits per heavy atom. The van der Waals surface area contributed by atoms with Crippen molar-refractivity contribution >= 4 is 11.6 Å². The van der Waals surface area contributed by atoms with Gasteiger partial charge in [-0.05, 0) is 26.7 Å². The lowest BCUT2D eigenvalue weighted by Gasteiger charge is -2.23. The van der Waals surface area contributed by atoms with E-state index >= 15 is 0 Å². The van der Waals surface area contributed by atoms with Gasteiger partial charge in [-0.15, -0.1) is 0 Å². The van der Waals surface area contributed by atoms with Crippen LogP contribution >= 0.6 is 0 Å². The van der Waals surface area contributed by atoms with E-state index in [1.165, 1.54) is 12.8 Å². The van der Waals surface area contributed by atoms with E-state index in [9.17, 15) is 0 Å². The van der Waals surface area contributed by atoms with Crippen LogP contribution in [-0.2, 0) is 0 Å². The maximum Gasteiger partial charge on any atom is 0.132 e. The molecule has 4 heteroatoms. The molecule has 1 aromatic rings. The van der Waals surface area contributed by atoms with Crippen LogP contribution in [0.4, 0.5) is 11.6 Å². The van der Waals surface area contributed by atoms with Crippen molar-refractivity contribution in [1.29, 1.82) is 0 Å². The molecule has 1 unspecified atom stereocenters. The quantitative estimate of drug-likeness (QED) is 0.778. The topological polar surface area (TPSA) is 49.8 Å². The van der Waals surface area contributed by atoms with Crippen LogP contribution in [0.3, 0.4) is 0 Å². The second kappa shape index (κ2) is 7.19. The van der Waals surface area contributed by atoms with Gasteiger partial charge in [-0.2, -0.15) is 0 Å². The average molecular weight is 250 g/mol. The fourth-order valence-electron chi connectivity index (χ4n) is 2.26. The van der Waals surface area contributed by atoms with E-state index in [-0.39, 0.29) is 0 Å². The predicted molar refractivity (Wildman–Crippen MR) is 78.1 cm³/mol. The third-order valence-corrected chi connectivity index (χ3v) is 3.33. The zero-order chi connectivity index (χ0) is 13.5. The van der Waals surface area contributed by atoms with Gasteiger partial charge >= 0.3 is 0 Å². The van der Waals surface area contributed by atoms with Gasteiger partial charge in [-0.25, -0.2) is 9.97 Å². The first-order valence-electron chi connectivity index (χ1n) is 6.96. The molecule has 1 aromatic heterocycles. The van der Waals surface area contributed by atoms with Gasteiger partial charge in [0, 0.05) is 18.7 Å². The first kappa shape index (κ1) is 14.7. The van der Waals surface area contributed by atoms with E-state index in [1.807, 2.05) is 13.0 Å². The highest BCUT2D eigenvalue weighted by atomic mass is 15.1. The van der Waals surface area contributed by atoms with E-state index in [4.69, 9.17) is 0 Å². The molecule has 2 N–H and O–H groups in total. The Balaban J connectivity index is 2.77. The van der Waals surface area contributed by atoms with Gasteiger partial charge in [0.1, 0.15) is 17.5 Å². The van der Waals surface area contributed by atoms with Crippen LogP contribution in [-0.4, -0.2) is 22.6 Å². The van der Waals surface area contributed by atoms with Crippen molar-refractivity contribution in [3.8, 4) is 0 Å². The summed E-state index contributed by atoms with van der Waals surface area (Å²) in [4.78, 5) is 8.80. The summed E-state index contributed by atoms with van der Waals surface area (Å²) < 4.78 is 0. The second-order valence-electron chi connectivity index (χ2n) is 4.73. The highest BCUT2D eigenvalue weighted by Crippen LogP contribution is 2.18. The number of anilines is 2. The fraction of sp³-hybridized carbons (Fsp3) is 0.714. The molecule has 0 spiro atoms. The molecule has 0 aliphatic carbocycles. The van der Waals surface area contributed by atoms with Crippen LogP contribution in [0, 0.1) is 12.8 Å². The van der Waals surface area contributed by atoms with Crippen LogP contribution < -0.4 is 10.6 Å². The lowest BCUT2D eigenvalue weighted by Crippen LogP contribution is -2.25. The van der Waals surface area contributed by atoms with E-state index in [2.05, 4.69) is 48.3 Å². The van der Waals surface area contributed by atoms with E-state index < -0.39 is 0 Å². The predicted octanol–water partition coefficient (Wildman–Crippen LogP) is 3.45. The van der Waals surface area contributed by atoms with Crippen molar-refractivity contribution in [2.75, 3.05) is 17.2 Å². The molecule has 0 saturated carbocycles. The van der Waals surface area contributed by atoms with Crippen molar-refractivity contribution in [2.24, 2.45) is 5.92 Å². The van der Waals surface area contributed by atoms with E-state index in [0.717, 1.165) is 24.0 Å². The van der Waals surface area contributed by atoms with Gasteiger partial charge in [0.2, 0.25) is 0 Å². The van der Waals surface area contributed by atoms with Gasteiger partial charge in [-0.3, -0.25) is 0 Å². The van der Waals surface area contributed by atoms with Crippen molar-refractivity contribution in [1.82, 2.24) is 9.97 Å². The molecule has 1 heterocycles. The molecule has 102 valence electrons. The van der Waals surface area contributed by atoms with E-state index in [0.29, 0.717) is 12.0 Å². The Morgan fingerprint density at radius 1 is 1.11 bits per heavy atom. The minimum atomic E-state index is 0.434. The largest absolute Gasteiger partial charge is 0.370 e.